The first kappa shape index (κ1) is 27.2. The first-order valence-corrected chi connectivity index (χ1v) is 13.7. The number of furan rings is 1. The van der Waals surface area contributed by atoms with Gasteiger partial charge in [-0.1, -0.05) is 23.7 Å². The zero-order chi connectivity index (χ0) is 27.6. The standard InChI is InChI=1S/C30H33ClFN3O4/c1-19-5-7-21(16-26(19)31)24(28(36)33-18-23-9-6-20(2)38-23)4-3-13-35-14-11-30(12-15-35)25-17-22(32)8-10-27(25)34-29(37)39-30/h5-10,16-17,24H,3-4,11-15,18H2,1-2H3,(H,33,36)(H,34,37). The number of likely N-dealkylation sites (tertiary alicyclic amines) is 1. The Morgan fingerprint density at radius 2 is 1.95 bits per heavy atom. The number of hydrogen-bond acceptors (Lipinski definition) is 5. The van der Waals surface area contributed by atoms with E-state index in [9.17, 15) is 14.0 Å². The van der Waals surface area contributed by atoms with Crippen molar-refractivity contribution in [2.45, 2.75) is 57.6 Å². The van der Waals surface area contributed by atoms with E-state index < -0.39 is 11.7 Å². The molecule has 2 amide bonds. The van der Waals surface area contributed by atoms with E-state index in [0.717, 1.165) is 29.9 Å². The summed E-state index contributed by atoms with van der Waals surface area (Å²) in [5.74, 6) is 0.747. The topological polar surface area (TPSA) is 83.8 Å². The third kappa shape index (κ3) is 6.12. The van der Waals surface area contributed by atoms with Crippen LogP contribution >= 0.6 is 11.6 Å². The Kier molecular flexibility index (Phi) is 7.96. The molecule has 1 aromatic heterocycles. The van der Waals surface area contributed by atoms with Crippen molar-refractivity contribution in [3.8, 4) is 0 Å². The minimum Gasteiger partial charge on any atom is -0.465 e. The van der Waals surface area contributed by atoms with E-state index in [4.69, 9.17) is 20.8 Å². The average Bonchev–Trinajstić information content (AvgIpc) is 3.33. The highest BCUT2D eigenvalue weighted by Gasteiger charge is 2.44. The molecule has 2 aromatic carbocycles. The fraction of sp³-hybridized carbons (Fsp3) is 0.400. The minimum absolute atomic E-state index is 0.0678. The number of rotatable bonds is 8. The quantitative estimate of drug-likeness (QED) is 0.336. The molecule has 3 aromatic rings. The second kappa shape index (κ2) is 11.4. The highest BCUT2D eigenvalue weighted by atomic mass is 35.5. The number of ether oxygens (including phenoxy) is 1. The van der Waals surface area contributed by atoms with Crippen LogP contribution in [0.3, 0.4) is 0 Å². The summed E-state index contributed by atoms with van der Waals surface area (Å²) in [6.45, 7) is 6.33. The van der Waals surface area contributed by atoms with Crippen LogP contribution in [-0.4, -0.2) is 36.5 Å². The van der Waals surface area contributed by atoms with Gasteiger partial charge in [0.25, 0.3) is 0 Å². The van der Waals surface area contributed by atoms with Gasteiger partial charge in [0.2, 0.25) is 5.91 Å². The third-order valence-electron chi connectivity index (χ3n) is 7.78. The highest BCUT2D eigenvalue weighted by molar-refractivity contribution is 6.31. The molecule has 2 aliphatic rings. The molecule has 1 saturated heterocycles. The number of halogens is 2. The van der Waals surface area contributed by atoms with Crippen molar-refractivity contribution < 1.29 is 23.1 Å². The number of amides is 2. The molecule has 9 heteroatoms. The van der Waals surface area contributed by atoms with E-state index in [-0.39, 0.29) is 17.6 Å². The number of piperidine rings is 1. The number of nitrogens with one attached hydrogen (secondary N) is 2. The molecule has 1 fully saturated rings. The first-order chi connectivity index (χ1) is 18.7. The molecule has 206 valence electrons. The van der Waals surface area contributed by atoms with Gasteiger partial charge in [0.15, 0.2) is 0 Å². The molecule has 0 saturated carbocycles. The van der Waals surface area contributed by atoms with Gasteiger partial charge in [0.1, 0.15) is 22.9 Å². The van der Waals surface area contributed by atoms with Gasteiger partial charge in [-0.25, -0.2) is 9.18 Å². The molecule has 7 nitrogen and oxygen atoms in total. The lowest BCUT2D eigenvalue weighted by Crippen LogP contribution is -2.48. The summed E-state index contributed by atoms with van der Waals surface area (Å²) in [5, 5.41) is 6.33. The molecule has 0 aliphatic carbocycles. The monoisotopic (exact) mass is 553 g/mol. The molecular formula is C30H33ClFN3O4. The van der Waals surface area contributed by atoms with Gasteiger partial charge in [-0.05, 0) is 80.8 Å². The van der Waals surface area contributed by atoms with Gasteiger partial charge in [0.05, 0.1) is 18.2 Å². The fourth-order valence-electron chi connectivity index (χ4n) is 5.55. The Hall–Kier alpha value is -3.36. The molecule has 0 bridgehead atoms. The van der Waals surface area contributed by atoms with Crippen LogP contribution in [-0.2, 0) is 21.7 Å². The molecular weight excluding hydrogens is 521 g/mol. The summed E-state index contributed by atoms with van der Waals surface area (Å²) in [4.78, 5) is 27.8. The molecule has 1 atom stereocenters. The summed E-state index contributed by atoms with van der Waals surface area (Å²) in [6.07, 6.45) is 2.10. The highest BCUT2D eigenvalue weighted by Crippen LogP contribution is 2.43. The van der Waals surface area contributed by atoms with E-state index in [1.807, 2.05) is 44.2 Å². The number of carbonyl (C=O) groups excluding carboxylic acids is 2. The van der Waals surface area contributed by atoms with E-state index in [0.29, 0.717) is 60.9 Å². The normalized spacial score (nSPS) is 17.3. The van der Waals surface area contributed by atoms with Crippen LogP contribution in [0.1, 0.15) is 59.8 Å². The maximum absolute atomic E-state index is 14.0. The number of anilines is 1. The first-order valence-electron chi connectivity index (χ1n) is 13.3. The molecule has 2 N–H and O–H groups in total. The van der Waals surface area contributed by atoms with Gasteiger partial charge in [-0.3, -0.25) is 10.1 Å². The van der Waals surface area contributed by atoms with Crippen LogP contribution in [0.15, 0.2) is 52.9 Å². The van der Waals surface area contributed by atoms with E-state index in [1.165, 1.54) is 12.1 Å². The summed E-state index contributed by atoms with van der Waals surface area (Å²) in [6, 6.07) is 13.9. The predicted octanol–water partition coefficient (Wildman–Crippen LogP) is 6.42. The van der Waals surface area contributed by atoms with Crippen molar-refractivity contribution in [3.05, 3.63) is 87.6 Å². The molecule has 3 heterocycles. The Labute approximate surface area is 232 Å². The zero-order valence-corrected chi connectivity index (χ0v) is 22.9. The third-order valence-corrected chi connectivity index (χ3v) is 8.18. The van der Waals surface area contributed by atoms with Gasteiger partial charge in [-0.2, -0.15) is 0 Å². The van der Waals surface area contributed by atoms with Crippen molar-refractivity contribution >= 4 is 29.3 Å². The van der Waals surface area contributed by atoms with Gasteiger partial charge >= 0.3 is 6.09 Å². The van der Waals surface area contributed by atoms with Crippen molar-refractivity contribution in [2.24, 2.45) is 0 Å². The molecule has 39 heavy (non-hydrogen) atoms. The number of hydrogen-bond donors (Lipinski definition) is 2. The van der Waals surface area contributed by atoms with Crippen LogP contribution in [0, 0.1) is 19.7 Å². The van der Waals surface area contributed by atoms with Crippen LogP contribution in [0.25, 0.3) is 0 Å². The second-order valence-electron chi connectivity index (χ2n) is 10.5. The summed E-state index contributed by atoms with van der Waals surface area (Å²) < 4.78 is 25.4. The van der Waals surface area contributed by atoms with E-state index in [2.05, 4.69) is 15.5 Å². The molecule has 2 aliphatic heterocycles. The van der Waals surface area contributed by atoms with Gasteiger partial charge in [-0.15, -0.1) is 0 Å². The fourth-order valence-corrected chi connectivity index (χ4v) is 5.74. The SMILES string of the molecule is Cc1ccc(CNC(=O)C(CCCN2CCC3(CC2)OC(=O)Nc2ccc(F)cc23)c2ccc(C)c(Cl)c2)o1. The molecule has 5 rings (SSSR count). The number of carbonyl (C=O) groups is 2. The number of nitrogens with zero attached hydrogens (tertiary/aromatic N) is 1. The number of benzene rings is 2. The van der Waals surface area contributed by atoms with Gasteiger partial charge < -0.3 is 19.4 Å². The van der Waals surface area contributed by atoms with Crippen LogP contribution in [0.4, 0.5) is 14.9 Å². The van der Waals surface area contributed by atoms with Crippen LogP contribution in [0.5, 0.6) is 0 Å². The molecule has 1 unspecified atom stereocenters. The smallest absolute Gasteiger partial charge is 0.412 e. The van der Waals surface area contributed by atoms with Gasteiger partial charge in [0, 0.05) is 36.5 Å². The predicted molar refractivity (Wildman–Crippen MR) is 147 cm³/mol. The minimum atomic E-state index is -0.818. The van der Waals surface area contributed by atoms with Crippen molar-refractivity contribution in [2.75, 3.05) is 25.0 Å². The van der Waals surface area contributed by atoms with Crippen molar-refractivity contribution in [1.29, 1.82) is 0 Å². The maximum atomic E-state index is 14.0. The lowest BCUT2D eigenvalue weighted by molar-refractivity contribution is -0.123. The van der Waals surface area contributed by atoms with Crippen molar-refractivity contribution in [1.82, 2.24) is 10.2 Å². The number of aryl methyl sites for hydroxylation is 2. The second-order valence-corrected chi connectivity index (χ2v) is 10.9. The summed E-state index contributed by atoms with van der Waals surface area (Å²) in [7, 11) is 0. The maximum Gasteiger partial charge on any atom is 0.412 e. The van der Waals surface area contributed by atoms with Crippen molar-refractivity contribution in [3.63, 3.8) is 0 Å². The van der Waals surface area contributed by atoms with E-state index in [1.54, 1.807) is 6.07 Å². The Balaban J connectivity index is 1.21. The average molecular weight is 554 g/mol. The Morgan fingerprint density at radius 3 is 2.67 bits per heavy atom. The van der Waals surface area contributed by atoms with Crippen LogP contribution < -0.4 is 10.6 Å². The summed E-state index contributed by atoms with van der Waals surface area (Å²) >= 11 is 6.40. The van der Waals surface area contributed by atoms with Crippen LogP contribution in [0.2, 0.25) is 5.02 Å². The molecule has 1 spiro atoms. The van der Waals surface area contributed by atoms with E-state index >= 15 is 0 Å². The number of fused-ring (bicyclic) bond motifs is 2. The Morgan fingerprint density at radius 1 is 1.15 bits per heavy atom. The Bertz CT molecular complexity index is 1370. The zero-order valence-electron chi connectivity index (χ0n) is 22.2. The molecule has 0 radical (unpaired) electrons. The largest absolute Gasteiger partial charge is 0.465 e. The summed E-state index contributed by atoms with van der Waals surface area (Å²) in [5.41, 5.74) is 2.34. The lowest BCUT2D eigenvalue weighted by Gasteiger charge is -2.44. The lowest BCUT2D eigenvalue weighted by atomic mass is 9.82.